The van der Waals surface area contributed by atoms with Gasteiger partial charge >= 0.3 is 5.97 Å². The van der Waals surface area contributed by atoms with Crippen LogP contribution < -0.4 is 0 Å². The molecule has 15 atom stereocenters. The Kier molecular flexibility index (Phi) is 11.8. The van der Waals surface area contributed by atoms with E-state index in [0.29, 0.717) is 5.57 Å². The SMILES string of the molecule is CC(C)CC(=O)O[C@@H]1OC=C(CO[C@H]2O[C@@H](CO[C@@H]3O[C@@H](CO)[C@@H](O)[C@@H](O)[C@@H]3O)[C@@H](O)[C@@H](O)[C@@H]2O)[C@H]2C[C@H](O)[C@@H](CO)[C@H]12. The fourth-order valence-corrected chi connectivity index (χ4v) is 6.04. The number of aliphatic hydroxyl groups is 9. The summed E-state index contributed by atoms with van der Waals surface area (Å²) in [5.41, 5.74) is 0.515. The second kappa shape index (κ2) is 14.7. The van der Waals surface area contributed by atoms with Gasteiger partial charge in [-0.15, -0.1) is 0 Å². The molecule has 0 aromatic rings. The molecule has 0 amide bonds. The highest BCUT2D eigenvalue weighted by Gasteiger charge is 2.52. The van der Waals surface area contributed by atoms with Gasteiger partial charge in [-0.3, -0.25) is 4.79 Å². The molecule has 16 heteroatoms. The van der Waals surface area contributed by atoms with Crippen LogP contribution in [0.15, 0.2) is 11.8 Å². The molecule has 0 radical (unpaired) electrons. The molecule has 3 aliphatic heterocycles. The molecular weight excluding hydrogens is 580 g/mol. The van der Waals surface area contributed by atoms with Crippen molar-refractivity contribution in [3.05, 3.63) is 11.8 Å². The van der Waals surface area contributed by atoms with Crippen molar-refractivity contribution in [3.63, 3.8) is 0 Å². The van der Waals surface area contributed by atoms with Gasteiger partial charge < -0.3 is 74.4 Å². The fraction of sp³-hybridized carbons (Fsp3) is 0.889. The van der Waals surface area contributed by atoms with Crippen LogP contribution in [0.3, 0.4) is 0 Å². The summed E-state index contributed by atoms with van der Waals surface area (Å²) in [6, 6.07) is 0. The van der Waals surface area contributed by atoms with E-state index in [9.17, 15) is 50.8 Å². The van der Waals surface area contributed by atoms with E-state index in [-0.39, 0.29) is 32.0 Å². The summed E-state index contributed by atoms with van der Waals surface area (Å²) in [7, 11) is 0. The zero-order chi connectivity index (χ0) is 31.6. The van der Waals surface area contributed by atoms with E-state index in [1.165, 1.54) is 6.26 Å². The number of hydrogen-bond acceptors (Lipinski definition) is 16. The van der Waals surface area contributed by atoms with Gasteiger partial charge in [0, 0.05) is 24.9 Å². The molecule has 0 aromatic carbocycles. The first-order valence-electron chi connectivity index (χ1n) is 14.4. The van der Waals surface area contributed by atoms with Crippen molar-refractivity contribution in [3.8, 4) is 0 Å². The molecule has 3 fully saturated rings. The molecule has 0 unspecified atom stereocenters. The lowest BCUT2D eigenvalue weighted by Gasteiger charge is -2.43. The normalized spacial score (nSPS) is 44.9. The van der Waals surface area contributed by atoms with E-state index in [1.54, 1.807) is 0 Å². The van der Waals surface area contributed by atoms with Crippen LogP contribution in [-0.4, -0.2) is 152 Å². The Morgan fingerprint density at radius 3 is 2.05 bits per heavy atom. The van der Waals surface area contributed by atoms with E-state index < -0.39 is 111 Å². The second-order valence-corrected chi connectivity index (χ2v) is 12.0. The van der Waals surface area contributed by atoms with Crippen molar-refractivity contribution in [2.75, 3.05) is 26.4 Å². The lowest BCUT2D eigenvalue weighted by atomic mass is 9.83. The minimum Gasteiger partial charge on any atom is -0.462 e. The van der Waals surface area contributed by atoms with E-state index in [4.69, 9.17) is 28.4 Å². The summed E-state index contributed by atoms with van der Waals surface area (Å²) < 4.78 is 33.3. The number of esters is 1. The van der Waals surface area contributed by atoms with Crippen LogP contribution in [0.5, 0.6) is 0 Å². The molecular formula is C27H44O16. The summed E-state index contributed by atoms with van der Waals surface area (Å²) in [4.78, 5) is 12.3. The molecule has 4 rings (SSSR count). The average Bonchev–Trinajstić information content (AvgIpc) is 3.31. The van der Waals surface area contributed by atoms with Gasteiger partial charge in [-0.1, -0.05) is 13.8 Å². The predicted molar refractivity (Wildman–Crippen MR) is 139 cm³/mol. The molecule has 16 nitrogen and oxygen atoms in total. The Bertz CT molecular complexity index is 946. The minimum absolute atomic E-state index is 0.0522. The van der Waals surface area contributed by atoms with E-state index in [2.05, 4.69) is 0 Å². The third kappa shape index (κ3) is 7.49. The highest BCUT2D eigenvalue weighted by molar-refractivity contribution is 5.69. The Morgan fingerprint density at radius 1 is 0.837 bits per heavy atom. The molecule has 1 aliphatic carbocycles. The van der Waals surface area contributed by atoms with Crippen LogP contribution in [0.2, 0.25) is 0 Å². The van der Waals surface area contributed by atoms with Gasteiger partial charge in [-0.05, 0) is 23.8 Å². The van der Waals surface area contributed by atoms with E-state index in [1.807, 2.05) is 13.8 Å². The smallest absolute Gasteiger partial charge is 0.309 e. The van der Waals surface area contributed by atoms with Crippen molar-refractivity contribution < 1.29 is 79.2 Å². The van der Waals surface area contributed by atoms with Crippen LogP contribution in [0.1, 0.15) is 26.7 Å². The molecule has 9 N–H and O–H groups in total. The van der Waals surface area contributed by atoms with Gasteiger partial charge in [0.05, 0.1) is 32.2 Å². The summed E-state index contributed by atoms with van der Waals surface area (Å²) in [5.74, 6) is -2.06. The predicted octanol–water partition coefficient (Wildman–Crippen LogP) is -3.94. The summed E-state index contributed by atoms with van der Waals surface area (Å²) in [5, 5.41) is 91.4. The molecule has 43 heavy (non-hydrogen) atoms. The topological polar surface area (TPSA) is 255 Å². The van der Waals surface area contributed by atoms with E-state index >= 15 is 0 Å². The largest absolute Gasteiger partial charge is 0.462 e. The third-order valence-electron chi connectivity index (χ3n) is 8.48. The highest BCUT2D eigenvalue weighted by Crippen LogP contribution is 2.47. The highest BCUT2D eigenvalue weighted by atomic mass is 16.7. The van der Waals surface area contributed by atoms with Crippen LogP contribution in [0.4, 0.5) is 0 Å². The van der Waals surface area contributed by atoms with Crippen LogP contribution in [0, 0.1) is 23.7 Å². The maximum Gasteiger partial charge on any atom is 0.309 e. The maximum absolute atomic E-state index is 12.3. The fourth-order valence-electron chi connectivity index (χ4n) is 6.04. The Morgan fingerprint density at radius 2 is 1.44 bits per heavy atom. The monoisotopic (exact) mass is 624 g/mol. The summed E-state index contributed by atoms with van der Waals surface area (Å²) >= 11 is 0. The number of carbonyl (C=O) groups excluding carboxylic acids is 1. The third-order valence-corrected chi connectivity index (χ3v) is 8.48. The Hall–Kier alpha value is -1.51. The summed E-state index contributed by atoms with van der Waals surface area (Å²) in [6.45, 7) is 1.94. The number of rotatable bonds is 11. The minimum atomic E-state index is -1.73. The lowest BCUT2D eigenvalue weighted by Crippen LogP contribution is -2.61. The quantitative estimate of drug-likeness (QED) is 0.0995. The van der Waals surface area contributed by atoms with Gasteiger partial charge in [0.1, 0.15) is 48.8 Å². The number of fused-ring (bicyclic) bond motifs is 1. The van der Waals surface area contributed by atoms with Gasteiger partial charge in [-0.2, -0.15) is 0 Å². The zero-order valence-corrected chi connectivity index (χ0v) is 23.9. The lowest BCUT2D eigenvalue weighted by molar-refractivity contribution is -0.330. The standard InChI is InChI=1S/C27H44O16/c1-10(2)3-17(31)43-25-18-12(4-14(30)13(18)5-28)11(7-38-25)8-39-26-24(37)22(35)20(33)16(42-26)9-40-27-23(36)21(34)19(32)15(6-29)41-27/h7,10,12-16,18-30,32-37H,3-6,8-9H2,1-2H3/t12-,13-,14+,15+,16+,18-,19-,20-,21-,22-,23+,24+,25+,26+,27-/m1/s1. The molecule has 0 bridgehead atoms. The Labute approximate surface area is 248 Å². The first-order chi connectivity index (χ1) is 20.4. The molecule has 1 saturated carbocycles. The van der Waals surface area contributed by atoms with Crippen molar-refractivity contribution in [2.45, 2.75) is 100 Å². The van der Waals surface area contributed by atoms with Crippen molar-refractivity contribution in [1.82, 2.24) is 0 Å². The van der Waals surface area contributed by atoms with E-state index in [0.717, 1.165) is 0 Å². The molecule has 3 heterocycles. The number of ether oxygens (including phenoxy) is 6. The van der Waals surface area contributed by atoms with Crippen molar-refractivity contribution in [2.24, 2.45) is 23.7 Å². The Balaban J connectivity index is 1.39. The van der Waals surface area contributed by atoms with Crippen molar-refractivity contribution >= 4 is 5.97 Å². The maximum atomic E-state index is 12.3. The van der Waals surface area contributed by atoms with Crippen molar-refractivity contribution in [1.29, 1.82) is 0 Å². The molecule has 2 saturated heterocycles. The molecule has 248 valence electrons. The number of hydrogen-bond donors (Lipinski definition) is 9. The first-order valence-corrected chi connectivity index (χ1v) is 14.4. The van der Waals surface area contributed by atoms with Crippen LogP contribution in [0.25, 0.3) is 0 Å². The molecule has 4 aliphatic rings. The van der Waals surface area contributed by atoms with Gasteiger partial charge in [0.25, 0.3) is 0 Å². The van der Waals surface area contributed by atoms with Gasteiger partial charge in [-0.25, -0.2) is 0 Å². The number of aliphatic hydroxyl groups excluding tert-OH is 9. The number of carbonyl (C=O) groups is 1. The van der Waals surface area contributed by atoms with Crippen LogP contribution in [-0.2, 0) is 33.2 Å². The summed E-state index contributed by atoms with van der Waals surface area (Å²) in [6.07, 6.45) is -15.8. The van der Waals surface area contributed by atoms with Crippen LogP contribution >= 0.6 is 0 Å². The molecule has 0 spiro atoms. The zero-order valence-electron chi connectivity index (χ0n) is 23.9. The second-order valence-electron chi connectivity index (χ2n) is 12.0. The average molecular weight is 625 g/mol. The first kappa shape index (κ1) is 34.4. The molecule has 0 aromatic heterocycles. The van der Waals surface area contributed by atoms with Gasteiger partial charge in [0.15, 0.2) is 12.6 Å². The van der Waals surface area contributed by atoms with Gasteiger partial charge in [0.2, 0.25) is 6.29 Å².